The number of aromatic nitrogens is 2. The van der Waals surface area contributed by atoms with Gasteiger partial charge in [-0.05, 0) is 36.6 Å². The Morgan fingerprint density at radius 1 is 1.09 bits per heavy atom. The topological polar surface area (TPSA) is 41.6 Å². The molecule has 120 valence electrons. The summed E-state index contributed by atoms with van der Waals surface area (Å²) >= 11 is 0. The van der Waals surface area contributed by atoms with Gasteiger partial charge >= 0.3 is 6.18 Å². The van der Waals surface area contributed by atoms with Crippen molar-refractivity contribution in [2.45, 2.75) is 44.3 Å². The molecule has 3 rings (SSSR count). The maximum absolute atomic E-state index is 13.0. The average Bonchev–Trinajstić information content (AvgIpc) is 3.04. The van der Waals surface area contributed by atoms with E-state index in [9.17, 15) is 13.2 Å². The first-order valence-corrected chi connectivity index (χ1v) is 7.64. The fraction of sp³-hybridized carbons (Fsp3) is 0.412. The lowest BCUT2D eigenvalue weighted by molar-refractivity contribution is -0.137. The number of alkyl halides is 3. The second kappa shape index (κ2) is 6.07. The highest BCUT2D eigenvalue weighted by molar-refractivity contribution is 5.65. The van der Waals surface area contributed by atoms with Gasteiger partial charge in [-0.25, -0.2) is 0 Å². The molecule has 23 heavy (non-hydrogen) atoms. The fourth-order valence-electron chi connectivity index (χ4n) is 3.05. The summed E-state index contributed by atoms with van der Waals surface area (Å²) in [6.45, 7) is 0. The van der Waals surface area contributed by atoms with Crippen LogP contribution >= 0.6 is 0 Å². The summed E-state index contributed by atoms with van der Waals surface area (Å²) in [7, 11) is 0. The standard InChI is InChI=1S/C17H16F3N3/c18-17(19,20)15-7-12(9-21)6-13(8-15)14-10-22-23(11-14)16-4-2-1-3-5-16/h6-8,10-11,16H,1-5H2. The minimum atomic E-state index is -4.47. The maximum atomic E-state index is 13.0. The summed E-state index contributed by atoms with van der Waals surface area (Å²) in [5.41, 5.74) is 0.175. The summed E-state index contributed by atoms with van der Waals surface area (Å²) in [5, 5.41) is 13.3. The van der Waals surface area contributed by atoms with Gasteiger partial charge in [0, 0.05) is 11.8 Å². The predicted molar refractivity (Wildman–Crippen MR) is 79.5 cm³/mol. The first-order valence-electron chi connectivity index (χ1n) is 7.64. The van der Waals surface area contributed by atoms with Gasteiger partial charge in [0.15, 0.2) is 0 Å². The van der Waals surface area contributed by atoms with Crippen molar-refractivity contribution in [2.75, 3.05) is 0 Å². The monoisotopic (exact) mass is 319 g/mol. The molecule has 0 unspecified atom stereocenters. The molecule has 0 atom stereocenters. The van der Waals surface area contributed by atoms with Crippen LogP contribution in [-0.2, 0) is 6.18 Å². The molecule has 0 bridgehead atoms. The largest absolute Gasteiger partial charge is 0.416 e. The highest BCUT2D eigenvalue weighted by atomic mass is 19.4. The van der Waals surface area contributed by atoms with Gasteiger partial charge in [0.25, 0.3) is 0 Å². The van der Waals surface area contributed by atoms with Gasteiger partial charge in [0.1, 0.15) is 0 Å². The van der Waals surface area contributed by atoms with Crippen LogP contribution in [0.15, 0.2) is 30.6 Å². The molecule has 0 aliphatic heterocycles. The molecule has 1 aliphatic rings. The molecular weight excluding hydrogens is 303 g/mol. The van der Waals surface area contributed by atoms with Crippen LogP contribution in [0.5, 0.6) is 0 Å². The van der Waals surface area contributed by atoms with E-state index in [1.54, 1.807) is 18.5 Å². The summed E-state index contributed by atoms with van der Waals surface area (Å²) in [6, 6.07) is 5.52. The van der Waals surface area contributed by atoms with Crippen LogP contribution in [0.25, 0.3) is 11.1 Å². The Morgan fingerprint density at radius 3 is 2.48 bits per heavy atom. The number of nitrogens with zero attached hydrogens (tertiary/aromatic N) is 3. The first-order chi connectivity index (χ1) is 11.0. The van der Waals surface area contributed by atoms with E-state index >= 15 is 0 Å². The molecule has 1 saturated carbocycles. The van der Waals surface area contributed by atoms with E-state index in [0.717, 1.165) is 37.8 Å². The number of halogens is 3. The molecule has 1 fully saturated rings. The lowest BCUT2D eigenvalue weighted by Gasteiger charge is -2.21. The minimum absolute atomic E-state index is 0.000224. The van der Waals surface area contributed by atoms with E-state index in [0.29, 0.717) is 17.2 Å². The Balaban J connectivity index is 1.95. The molecule has 0 saturated heterocycles. The minimum Gasteiger partial charge on any atom is -0.269 e. The van der Waals surface area contributed by atoms with Crippen LogP contribution in [0, 0.1) is 11.3 Å². The Morgan fingerprint density at radius 2 is 1.83 bits per heavy atom. The third-order valence-corrected chi connectivity index (χ3v) is 4.27. The molecule has 3 nitrogen and oxygen atoms in total. The molecule has 1 aromatic heterocycles. The number of benzene rings is 1. The molecule has 1 heterocycles. The predicted octanol–water partition coefficient (Wildman–Crippen LogP) is 4.95. The molecule has 0 spiro atoms. The quantitative estimate of drug-likeness (QED) is 0.786. The van der Waals surface area contributed by atoms with Crippen LogP contribution in [0.3, 0.4) is 0 Å². The average molecular weight is 319 g/mol. The van der Waals surface area contributed by atoms with Gasteiger partial charge in [-0.2, -0.15) is 23.5 Å². The molecule has 1 aliphatic carbocycles. The Hall–Kier alpha value is -2.29. The zero-order valence-electron chi connectivity index (χ0n) is 12.5. The summed E-state index contributed by atoms with van der Waals surface area (Å²) < 4.78 is 40.7. The lowest BCUT2D eigenvalue weighted by atomic mass is 9.96. The van der Waals surface area contributed by atoms with Crippen molar-refractivity contribution in [3.63, 3.8) is 0 Å². The first kappa shape index (κ1) is 15.6. The molecule has 0 N–H and O–H groups in total. The van der Waals surface area contributed by atoms with Crippen LogP contribution in [0.4, 0.5) is 13.2 Å². The molecule has 0 radical (unpaired) electrons. The number of hydrogen-bond acceptors (Lipinski definition) is 2. The molecule has 6 heteroatoms. The lowest BCUT2D eigenvalue weighted by Crippen LogP contribution is -2.12. The number of nitriles is 1. The van der Waals surface area contributed by atoms with Crippen LogP contribution in [0.2, 0.25) is 0 Å². The Bertz CT molecular complexity index is 734. The highest BCUT2D eigenvalue weighted by Crippen LogP contribution is 2.34. The van der Waals surface area contributed by atoms with E-state index in [2.05, 4.69) is 5.10 Å². The van der Waals surface area contributed by atoms with Crippen molar-refractivity contribution in [1.82, 2.24) is 9.78 Å². The third kappa shape index (κ3) is 3.39. The third-order valence-electron chi connectivity index (χ3n) is 4.27. The van der Waals surface area contributed by atoms with Crippen LogP contribution < -0.4 is 0 Å². The fourth-order valence-corrected chi connectivity index (χ4v) is 3.05. The summed E-state index contributed by atoms with van der Waals surface area (Å²) in [4.78, 5) is 0. The summed E-state index contributed by atoms with van der Waals surface area (Å²) in [6.07, 6.45) is 4.52. The Labute approximate surface area is 132 Å². The van der Waals surface area contributed by atoms with E-state index < -0.39 is 11.7 Å². The van der Waals surface area contributed by atoms with Crippen LogP contribution in [0.1, 0.15) is 49.3 Å². The van der Waals surface area contributed by atoms with Crippen molar-refractivity contribution < 1.29 is 13.2 Å². The zero-order chi connectivity index (χ0) is 16.4. The van der Waals surface area contributed by atoms with Gasteiger partial charge in [0.05, 0.1) is 29.4 Å². The number of rotatable bonds is 2. The van der Waals surface area contributed by atoms with Crippen molar-refractivity contribution in [3.8, 4) is 17.2 Å². The van der Waals surface area contributed by atoms with Gasteiger partial charge < -0.3 is 0 Å². The van der Waals surface area contributed by atoms with Crippen molar-refractivity contribution in [3.05, 3.63) is 41.7 Å². The van der Waals surface area contributed by atoms with Gasteiger partial charge in [0.2, 0.25) is 0 Å². The van der Waals surface area contributed by atoms with E-state index in [1.165, 1.54) is 12.5 Å². The van der Waals surface area contributed by atoms with E-state index in [4.69, 9.17) is 5.26 Å². The van der Waals surface area contributed by atoms with E-state index in [1.807, 2.05) is 4.68 Å². The van der Waals surface area contributed by atoms with Crippen molar-refractivity contribution >= 4 is 0 Å². The van der Waals surface area contributed by atoms with Gasteiger partial charge in [-0.3, -0.25) is 4.68 Å². The highest BCUT2D eigenvalue weighted by Gasteiger charge is 2.31. The molecule has 1 aromatic carbocycles. The smallest absolute Gasteiger partial charge is 0.269 e. The number of hydrogen-bond donors (Lipinski definition) is 0. The second-order valence-electron chi connectivity index (χ2n) is 5.91. The maximum Gasteiger partial charge on any atom is 0.416 e. The summed E-state index contributed by atoms with van der Waals surface area (Å²) in [5.74, 6) is 0. The SMILES string of the molecule is N#Cc1cc(-c2cnn(C3CCCCC3)c2)cc(C(F)(F)F)c1. The molecular formula is C17H16F3N3. The van der Waals surface area contributed by atoms with E-state index in [-0.39, 0.29) is 5.56 Å². The molecule has 2 aromatic rings. The Kier molecular flexibility index (Phi) is 4.12. The van der Waals surface area contributed by atoms with Crippen molar-refractivity contribution in [1.29, 1.82) is 5.26 Å². The van der Waals surface area contributed by atoms with Gasteiger partial charge in [-0.15, -0.1) is 0 Å². The van der Waals surface area contributed by atoms with Crippen LogP contribution in [-0.4, -0.2) is 9.78 Å². The molecule has 0 amide bonds. The normalized spacial score (nSPS) is 16.3. The second-order valence-corrected chi connectivity index (χ2v) is 5.91. The van der Waals surface area contributed by atoms with Crippen molar-refractivity contribution in [2.24, 2.45) is 0 Å². The zero-order valence-corrected chi connectivity index (χ0v) is 12.5. The van der Waals surface area contributed by atoms with Gasteiger partial charge in [-0.1, -0.05) is 19.3 Å².